The molecule has 2 aromatic carbocycles. The zero-order chi connectivity index (χ0) is 19.4. The number of rotatable bonds is 6. The summed E-state index contributed by atoms with van der Waals surface area (Å²) in [7, 11) is 0. The molecule has 0 heterocycles. The summed E-state index contributed by atoms with van der Waals surface area (Å²) in [5, 5.41) is 0. The molecule has 2 unspecified atom stereocenters. The molecule has 3 rings (SSSR count). The number of aryl methyl sites for hydroxylation is 2. The summed E-state index contributed by atoms with van der Waals surface area (Å²) in [5.74, 6) is -0.950. The van der Waals surface area contributed by atoms with Gasteiger partial charge in [-0.1, -0.05) is 66.1 Å². The first kappa shape index (κ1) is 19.2. The van der Waals surface area contributed by atoms with Crippen LogP contribution in [-0.4, -0.2) is 17.3 Å². The minimum Gasteiger partial charge on any atom is -0.299 e. The molecule has 0 saturated heterocycles. The van der Waals surface area contributed by atoms with Crippen molar-refractivity contribution in [1.29, 1.82) is 0 Å². The molecule has 1 aliphatic rings. The van der Waals surface area contributed by atoms with Gasteiger partial charge in [-0.15, -0.1) is 0 Å². The summed E-state index contributed by atoms with van der Waals surface area (Å²) < 4.78 is 0. The molecule has 0 aliphatic heterocycles. The van der Waals surface area contributed by atoms with Crippen molar-refractivity contribution in [1.82, 2.24) is 0 Å². The molecule has 0 spiro atoms. The van der Waals surface area contributed by atoms with Crippen LogP contribution in [0.3, 0.4) is 0 Å². The topological polar surface area (TPSA) is 51.2 Å². The van der Waals surface area contributed by atoms with Crippen molar-refractivity contribution in [3.8, 4) is 0 Å². The van der Waals surface area contributed by atoms with Gasteiger partial charge in [0.2, 0.25) is 0 Å². The molecule has 1 saturated carbocycles. The van der Waals surface area contributed by atoms with Gasteiger partial charge in [0.1, 0.15) is 5.78 Å². The van der Waals surface area contributed by atoms with Crippen LogP contribution in [0.25, 0.3) is 0 Å². The normalized spacial score (nSPS) is 18.1. The van der Waals surface area contributed by atoms with Gasteiger partial charge in [-0.05, 0) is 26.7 Å². The van der Waals surface area contributed by atoms with E-state index in [9.17, 15) is 14.4 Å². The summed E-state index contributed by atoms with van der Waals surface area (Å²) in [6, 6.07) is 14.8. The molecule has 3 heteroatoms. The highest BCUT2D eigenvalue weighted by Crippen LogP contribution is 2.32. The molecule has 3 nitrogen and oxygen atoms in total. The highest BCUT2D eigenvalue weighted by atomic mass is 16.1. The molecule has 2 atom stereocenters. The van der Waals surface area contributed by atoms with E-state index >= 15 is 0 Å². The van der Waals surface area contributed by atoms with Crippen molar-refractivity contribution >= 4 is 17.3 Å². The second kappa shape index (κ2) is 8.43. The number of benzene rings is 2. The lowest BCUT2D eigenvalue weighted by atomic mass is 9.73. The largest absolute Gasteiger partial charge is 0.299 e. The van der Waals surface area contributed by atoms with Gasteiger partial charge in [0.25, 0.3) is 0 Å². The minimum atomic E-state index is -0.575. The van der Waals surface area contributed by atoms with E-state index in [0.29, 0.717) is 24.0 Å². The van der Waals surface area contributed by atoms with E-state index in [-0.39, 0.29) is 29.7 Å². The van der Waals surface area contributed by atoms with Gasteiger partial charge in [0, 0.05) is 35.8 Å². The van der Waals surface area contributed by atoms with E-state index in [1.807, 2.05) is 38.1 Å². The lowest BCUT2D eigenvalue weighted by molar-refractivity contribution is -0.125. The Kier molecular flexibility index (Phi) is 6.00. The van der Waals surface area contributed by atoms with E-state index < -0.39 is 5.92 Å². The zero-order valence-electron chi connectivity index (χ0n) is 16.0. The van der Waals surface area contributed by atoms with E-state index in [0.717, 1.165) is 24.0 Å². The number of carbonyl (C=O) groups is 3. The maximum atomic E-state index is 13.2. The van der Waals surface area contributed by atoms with Gasteiger partial charge < -0.3 is 0 Å². The van der Waals surface area contributed by atoms with Gasteiger partial charge in [0.05, 0.1) is 0 Å². The van der Waals surface area contributed by atoms with Crippen LogP contribution in [0.5, 0.6) is 0 Å². The van der Waals surface area contributed by atoms with Crippen molar-refractivity contribution in [2.45, 2.75) is 46.0 Å². The molecule has 0 radical (unpaired) electrons. The Balaban J connectivity index is 1.88. The third-order valence-corrected chi connectivity index (χ3v) is 5.54. The van der Waals surface area contributed by atoms with Crippen LogP contribution in [0, 0.1) is 25.7 Å². The minimum absolute atomic E-state index is 0.0705. The quantitative estimate of drug-likeness (QED) is 0.669. The van der Waals surface area contributed by atoms with Gasteiger partial charge in [0.15, 0.2) is 11.6 Å². The summed E-state index contributed by atoms with van der Waals surface area (Å²) in [6.07, 6.45) is 3.12. The van der Waals surface area contributed by atoms with Crippen molar-refractivity contribution < 1.29 is 14.4 Å². The van der Waals surface area contributed by atoms with Gasteiger partial charge >= 0.3 is 0 Å². The standard InChI is InChI=1S/C24H26O3/c1-16-7-11-18(12-8-16)23(26)15-21(20-5-3-4-6-22(20)25)24(27)19-13-9-17(2)10-14-19/h7-14,20-21H,3-6,15H2,1-2H3. The second-order valence-corrected chi connectivity index (χ2v) is 7.65. The lowest BCUT2D eigenvalue weighted by Gasteiger charge is -2.28. The number of carbonyl (C=O) groups excluding carboxylic acids is 3. The Morgan fingerprint density at radius 2 is 1.44 bits per heavy atom. The highest BCUT2D eigenvalue weighted by Gasteiger charge is 2.36. The van der Waals surface area contributed by atoms with E-state index in [1.165, 1.54) is 0 Å². The zero-order valence-corrected chi connectivity index (χ0v) is 16.0. The van der Waals surface area contributed by atoms with Crippen LogP contribution in [-0.2, 0) is 4.79 Å². The Labute approximate surface area is 160 Å². The van der Waals surface area contributed by atoms with Gasteiger partial charge in [-0.25, -0.2) is 0 Å². The average Bonchev–Trinajstić information content (AvgIpc) is 2.67. The first-order chi connectivity index (χ1) is 13.0. The summed E-state index contributed by atoms with van der Waals surface area (Å²) in [4.78, 5) is 38.6. The predicted molar refractivity (Wildman–Crippen MR) is 106 cm³/mol. The fourth-order valence-corrected chi connectivity index (χ4v) is 3.84. The van der Waals surface area contributed by atoms with Crippen molar-refractivity contribution in [2.75, 3.05) is 0 Å². The van der Waals surface area contributed by atoms with Crippen LogP contribution in [0.2, 0.25) is 0 Å². The maximum Gasteiger partial charge on any atom is 0.167 e. The molecule has 1 aliphatic carbocycles. The predicted octanol–water partition coefficient (Wildman–Crippen LogP) is 5.13. The molecular weight excluding hydrogens is 336 g/mol. The number of hydrogen-bond donors (Lipinski definition) is 0. The first-order valence-corrected chi connectivity index (χ1v) is 9.69. The fraction of sp³-hybridized carbons (Fsp3) is 0.375. The summed E-state index contributed by atoms with van der Waals surface area (Å²) in [6.45, 7) is 3.94. The molecule has 0 aromatic heterocycles. The first-order valence-electron chi connectivity index (χ1n) is 9.69. The van der Waals surface area contributed by atoms with Crippen molar-refractivity contribution in [3.63, 3.8) is 0 Å². The van der Waals surface area contributed by atoms with Crippen LogP contribution in [0.4, 0.5) is 0 Å². The smallest absolute Gasteiger partial charge is 0.167 e. The third-order valence-electron chi connectivity index (χ3n) is 5.54. The number of hydrogen-bond acceptors (Lipinski definition) is 3. The molecule has 0 bridgehead atoms. The van der Waals surface area contributed by atoms with Gasteiger partial charge in [-0.2, -0.15) is 0 Å². The average molecular weight is 362 g/mol. The molecule has 0 amide bonds. The third kappa shape index (κ3) is 4.60. The SMILES string of the molecule is Cc1ccc(C(=O)CC(C(=O)c2ccc(C)cc2)C2CCCCC2=O)cc1. The van der Waals surface area contributed by atoms with Crippen LogP contribution in [0.15, 0.2) is 48.5 Å². The Bertz CT molecular complexity index is 831. The van der Waals surface area contributed by atoms with Crippen LogP contribution < -0.4 is 0 Å². The molecule has 0 N–H and O–H groups in total. The Morgan fingerprint density at radius 1 is 0.889 bits per heavy atom. The van der Waals surface area contributed by atoms with E-state index in [2.05, 4.69) is 0 Å². The molecule has 27 heavy (non-hydrogen) atoms. The van der Waals surface area contributed by atoms with Gasteiger partial charge in [-0.3, -0.25) is 14.4 Å². The van der Waals surface area contributed by atoms with Crippen LogP contribution >= 0.6 is 0 Å². The molecule has 140 valence electrons. The summed E-state index contributed by atoms with van der Waals surface area (Å²) >= 11 is 0. The summed E-state index contributed by atoms with van der Waals surface area (Å²) in [5.41, 5.74) is 3.35. The van der Waals surface area contributed by atoms with Crippen LogP contribution in [0.1, 0.15) is 63.9 Å². The number of Topliss-reactive ketones (excluding diaryl/α,β-unsaturated/α-hetero) is 3. The monoisotopic (exact) mass is 362 g/mol. The second-order valence-electron chi connectivity index (χ2n) is 7.65. The molecule has 1 fully saturated rings. The molecular formula is C24H26O3. The lowest BCUT2D eigenvalue weighted by Crippen LogP contribution is -2.34. The Hall–Kier alpha value is -2.55. The van der Waals surface area contributed by atoms with Crippen molar-refractivity contribution in [3.05, 3.63) is 70.8 Å². The Morgan fingerprint density at radius 3 is 2.00 bits per heavy atom. The number of ketones is 3. The van der Waals surface area contributed by atoms with Crippen molar-refractivity contribution in [2.24, 2.45) is 11.8 Å². The highest BCUT2D eigenvalue weighted by molar-refractivity contribution is 6.05. The maximum absolute atomic E-state index is 13.2. The molecule has 2 aromatic rings. The van der Waals surface area contributed by atoms with E-state index in [1.54, 1.807) is 24.3 Å². The fourth-order valence-electron chi connectivity index (χ4n) is 3.84. The van der Waals surface area contributed by atoms with E-state index in [4.69, 9.17) is 0 Å².